The van der Waals surface area contributed by atoms with Crippen LogP contribution in [0.2, 0.25) is 0 Å². The number of hydrogen-bond donors (Lipinski definition) is 0. The first-order valence-corrected chi connectivity index (χ1v) is 21.3. The van der Waals surface area contributed by atoms with Crippen molar-refractivity contribution in [1.82, 2.24) is 28.7 Å². The lowest BCUT2D eigenvalue weighted by Crippen LogP contribution is -1.97. The number of para-hydroxylation sites is 5. The minimum Gasteiger partial charge on any atom is -0.309 e. The van der Waals surface area contributed by atoms with Gasteiger partial charge in [0.1, 0.15) is 5.69 Å². The maximum atomic E-state index is 5.24. The molecular weight excluding hydrogens is 769 g/mol. The number of rotatable bonds is 6. The van der Waals surface area contributed by atoms with E-state index in [1.165, 1.54) is 43.7 Å². The molecule has 0 bridgehead atoms. The molecule has 0 saturated heterocycles. The van der Waals surface area contributed by atoms with Crippen LogP contribution in [0.25, 0.3) is 117 Å². The maximum Gasteiger partial charge on any atom is 0.182 e. The van der Waals surface area contributed by atoms with Crippen LogP contribution in [0.3, 0.4) is 0 Å². The smallest absolute Gasteiger partial charge is 0.182 e. The van der Waals surface area contributed by atoms with E-state index in [0.29, 0.717) is 11.5 Å². The van der Waals surface area contributed by atoms with E-state index in [1.807, 2.05) is 28.8 Å². The molecule has 63 heavy (non-hydrogen) atoms. The predicted octanol–water partition coefficient (Wildman–Crippen LogP) is 14.1. The minimum atomic E-state index is 0.641. The molecule has 4 aromatic heterocycles. The Bertz CT molecular complexity index is 3910. The van der Waals surface area contributed by atoms with Crippen molar-refractivity contribution in [3.63, 3.8) is 0 Å². The van der Waals surface area contributed by atoms with Crippen LogP contribution in [0.1, 0.15) is 0 Å². The number of nitrogens with zero attached hydrogens (tertiary/aromatic N) is 6. The molecule has 13 rings (SSSR count). The third-order valence-corrected chi connectivity index (χ3v) is 12.5. The van der Waals surface area contributed by atoms with Gasteiger partial charge in [-0.25, -0.2) is 14.5 Å². The average Bonchev–Trinajstić information content (AvgIpc) is 4.05. The van der Waals surface area contributed by atoms with Gasteiger partial charge in [-0.05, 0) is 101 Å². The van der Waals surface area contributed by atoms with Crippen molar-refractivity contribution in [1.29, 1.82) is 0 Å². The summed E-state index contributed by atoms with van der Waals surface area (Å²) in [6.07, 6.45) is 0. The van der Waals surface area contributed by atoms with Gasteiger partial charge in [0, 0.05) is 44.0 Å². The van der Waals surface area contributed by atoms with Gasteiger partial charge in [-0.15, -0.1) is 5.10 Å². The first kappa shape index (κ1) is 35.2. The largest absolute Gasteiger partial charge is 0.309 e. The molecule has 0 saturated carbocycles. The van der Waals surface area contributed by atoms with Gasteiger partial charge in [0.05, 0.1) is 33.1 Å². The second-order valence-corrected chi connectivity index (χ2v) is 16.1. The van der Waals surface area contributed by atoms with Gasteiger partial charge in [0.2, 0.25) is 0 Å². The minimum absolute atomic E-state index is 0.641. The summed E-state index contributed by atoms with van der Waals surface area (Å²) in [5.74, 6) is 0.641. The monoisotopic (exact) mass is 804 g/mol. The van der Waals surface area contributed by atoms with Gasteiger partial charge in [-0.1, -0.05) is 140 Å². The molecule has 0 spiro atoms. The van der Waals surface area contributed by atoms with Crippen LogP contribution >= 0.6 is 0 Å². The quantitative estimate of drug-likeness (QED) is 0.168. The fourth-order valence-electron chi connectivity index (χ4n) is 9.56. The highest BCUT2D eigenvalue weighted by Crippen LogP contribution is 2.39. The van der Waals surface area contributed by atoms with Crippen LogP contribution in [0.4, 0.5) is 0 Å². The Hall–Kier alpha value is -8.61. The molecule has 0 radical (unpaired) electrons. The molecule has 9 aromatic carbocycles. The van der Waals surface area contributed by atoms with Crippen molar-refractivity contribution in [3.05, 3.63) is 218 Å². The van der Waals surface area contributed by atoms with Gasteiger partial charge >= 0.3 is 0 Å². The number of hydrogen-bond acceptors (Lipinski definition) is 3. The van der Waals surface area contributed by atoms with Gasteiger partial charge in [0.25, 0.3) is 0 Å². The third-order valence-electron chi connectivity index (χ3n) is 12.5. The summed E-state index contributed by atoms with van der Waals surface area (Å²) in [7, 11) is 0. The number of fused-ring (bicyclic) bond motifs is 9. The Morgan fingerprint density at radius 2 is 0.810 bits per heavy atom. The Balaban J connectivity index is 0.933. The molecule has 6 heteroatoms. The van der Waals surface area contributed by atoms with Crippen molar-refractivity contribution >= 4 is 60.3 Å². The molecule has 4 heterocycles. The lowest BCUT2D eigenvalue weighted by molar-refractivity contribution is 1.00. The molecule has 294 valence electrons. The molecule has 0 unspecified atom stereocenters. The van der Waals surface area contributed by atoms with Crippen molar-refractivity contribution in [2.24, 2.45) is 0 Å². The van der Waals surface area contributed by atoms with Crippen LogP contribution in [-0.4, -0.2) is 28.7 Å². The standard InChI is InChI=1S/C57H36N6/c1-3-15-37(16-4-1)38-17-13-18-41(33-38)55-57-59-56(60-63(57)54-28-12-9-25-49(54)58-55)42-19-14-22-44(34-42)62-51-27-11-8-24-46(51)48-36-40(30-32-53(48)62)39-29-31-52-47(35-39)45-23-7-10-26-50(45)61(52)43-20-5-2-6-21-43/h1-36H. The highest BCUT2D eigenvalue weighted by Gasteiger charge is 2.20. The molecule has 0 atom stereocenters. The summed E-state index contributed by atoms with van der Waals surface area (Å²) in [6.45, 7) is 0. The summed E-state index contributed by atoms with van der Waals surface area (Å²) in [6, 6.07) is 77.5. The Kier molecular flexibility index (Phi) is 7.80. The summed E-state index contributed by atoms with van der Waals surface area (Å²) < 4.78 is 6.68. The van der Waals surface area contributed by atoms with E-state index in [9.17, 15) is 0 Å². The van der Waals surface area contributed by atoms with Crippen LogP contribution in [0.15, 0.2) is 218 Å². The van der Waals surface area contributed by atoms with E-state index in [0.717, 1.165) is 61.4 Å². The van der Waals surface area contributed by atoms with E-state index in [-0.39, 0.29) is 0 Å². The summed E-state index contributed by atoms with van der Waals surface area (Å²) in [5.41, 5.74) is 16.7. The molecule has 0 aliphatic heterocycles. The zero-order chi connectivity index (χ0) is 41.4. The molecule has 0 aliphatic carbocycles. The fraction of sp³-hybridized carbons (Fsp3) is 0. The van der Waals surface area contributed by atoms with E-state index >= 15 is 0 Å². The van der Waals surface area contributed by atoms with Crippen molar-refractivity contribution in [2.45, 2.75) is 0 Å². The second-order valence-electron chi connectivity index (χ2n) is 16.1. The summed E-state index contributed by atoms with van der Waals surface area (Å²) in [4.78, 5) is 10.4. The lowest BCUT2D eigenvalue weighted by atomic mass is 10.0. The van der Waals surface area contributed by atoms with Crippen LogP contribution in [0, 0.1) is 0 Å². The maximum absolute atomic E-state index is 5.24. The zero-order valence-corrected chi connectivity index (χ0v) is 34.0. The van der Waals surface area contributed by atoms with Crippen molar-refractivity contribution in [3.8, 4) is 56.3 Å². The second kappa shape index (κ2) is 14.0. The highest BCUT2D eigenvalue weighted by atomic mass is 15.3. The zero-order valence-electron chi connectivity index (χ0n) is 34.0. The normalized spacial score (nSPS) is 11.8. The van der Waals surface area contributed by atoms with Crippen LogP contribution < -0.4 is 0 Å². The van der Waals surface area contributed by atoms with E-state index in [1.54, 1.807) is 0 Å². The molecule has 6 nitrogen and oxygen atoms in total. The lowest BCUT2D eigenvalue weighted by Gasteiger charge is -2.10. The fourth-order valence-corrected chi connectivity index (χ4v) is 9.56. The molecule has 0 fully saturated rings. The molecular formula is C57H36N6. The highest BCUT2D eigenvalue weighted by molar-refractivity contribution is 6.12. The van der Waals surface area contributed by atoms with Gasteiger partial charge in [-0.2, -0.15) is 0 Å². The van der Waals surface area contributed by atoms with E-state index < -0.39 is 0 Å². The SMILES string of the molecule is c1ccc(-c2cccc(-c3nc4ccccc4n4nc(-c5cccc(-n6c7ccccc7c7cc(-c8ccc9c(c8)c8ccccc8n9-c8ccccc8)ccc76)c5)nc34)c2)cc1. The summed E-state index contributed by atoms with van der Waals surface area (Å²) in [5, 5.41) is 10.1. The number of benzene rings is 9. The van der Waals surface area contributed by atoms with Crippen molar-refractivity contribution in [2.75, 3.05) is 0 Å². The Morgan fingerprint density at radius 1 is 0.302 bits per heavy atom. The van der Waals surface area contributed by atoms with E-state index in [2.05, 4.69) is 203 Å². The van der Waals surface area contributed by atoms with Gasteiger partial charge < -0.3 is 9.13 Å². The predicted molar refractivity (Wildman–Crippen MR) is 259 cm³/mol. The molecule has 0 N–H and O–H groups in total. The topological polar surface area (TPSA) is 52.9 Å². The summed E-state index contributed by atoms with van der Waals surface area (Å²) >= 11 is 0. The van der Waals surface area contributed by atoms with Crippen molar-refractivity contribution < 1.29 is 0 Å². The molecule has 13 aromatic rings. The van der Waals surface area contributed by atoms with Crippen LogP contribution in [-0.2, 0) is 0 Å². The Labute approximate surface area is 362 Å². The van der Waals surface area contributed by atoms with Crippen LogP contribution in [0.5, 0.6) is 0 Å². The van der Waals surface area contributed by atoms with Gasteiger partial charge in [-0.3, -0.25) is 0 Å². The first-order valence-electron chi connectivity index (χ1n) is 21.3. The van der Waals surface area contributed by atoms with E-state index in [4.69, 9.17) is 15.1 Å². The Morgan fingerprint density at radius 3 is 1.52 bits per heavy atom. The first-order chi connectivity index (χ1) is 31.2. The third kappa shape index (κ3) is 5.62. The average molecular weight is 805 g/mol. The number of aromatic nitrogens is 6. The molecule has 0 amide bonds. The molecule has 0 aliphatic rings. The van der Waals surface area contributed by atoms with Gasteiger partial charge in [0.15, 0.2) is 11.5 Å².